The minimum Gasteiger partial charge on any atom is -0.444 e. The molecule has 0 aliphatic carbocycles. The molecule has 0 radical (unpaired) electrons. The van der Waals surface area contributed by atoms with Gasteiger partial charge in [-0.3, -0.25) is 4.79 Å². The fourth-order valence-electron chi connectivity index (χ4n) is 2.70. The largest absolute Gasteiger partial charge is 0.444 e. The summed E-state index contributed by atoms with van der Waals surface area (Å²) in [5.41, 5.74) is 2.24. The second-order valence-electron chi connectivity index (χ2n) is 7.68. The van der Waals surface area contributed by atoms with Crippen LogP contribution in [0, 0.1) is 0 Å². The van der Waals surface area contributed by atoms with Gasteiger partial charge in [-0.2, -0.15) is 0 Å². The highest BCUT2D eigenvalue weighted by atomic mass is 16.6. The number of hydrogen-bond acceptors (Lipinski definition) is 3. The van der Waals surface area contributed by atoms with Crippen molar-refractivity contribution in [2.24, 2.45) is 0 Å². The molecule has 0 heterocycles. The number of nitrogens with one attached hydrogen (secondary N) is 1. The van der Waals surface area contributed by atoms with Crippen molar-refractivity contribution in [3.05, 3.63) is 60.2 Å². The molecule has 0 bridgehead atoms. The Morgan fingerprint density at radius 1 is 1.00 bits per heavy atom. The number of carbonyl (C=O) groups is 2. The lowest BCUT2D eigenvalue weighted by Gasteiger charge is -2.25. The molecular formula is C22H28N2O3. The van der Waals surface area contributed by atoms with Crippen LogP contribution in [0.15, 0.2) is 54.6 Å². The molecule has 5 nitrogen and oxygen atoms in total. The van der Waals surface area contributed by atoms with E-state index in [1.54, 1.807) is 11.9 Å². The van der Waals surface area contributed by atoms with E-state index in [-0.39, 0.29) is 11.9 Å². The van der Waals surface area contributed by atoms with Crippen molar-refractivity contribution in [3.63, 3.8) is 0 Å². The highest BCUT2D eigenvalue weighted by Gasteiger charge is 2.20. The van der Waals surface area contributed by atoms with Gasteiger partial charge in [0.1, 0.15) is 5.60 Å². The maximum absolute atomic E-state index is 12.6. The molecule has 144 valence electrons. The third-order valence-corrected chi connectivity index (χ3v) is 3.90. The van der Waals surface area contributed by atoms with Gasteiger partial charge in [-0.15, -0.1) is 0 Å². The van der Waals surface area contributed by atoms with Gasteiger partial charge in [0.15, 0.2) is 0 Å². The van der Waals surface area contributed by atoms with Crippen LogP contribution in [0.1, 0.15) is 38.1 Å². The Hall–Kier alpha value is -2.82. The van der Waals surface area contributed by atoms with E-state index in [1.807, 2.05) is 82.3 Å². The van der Waals surface area contributed by atoms with Crippen LogP contribution in [0.4, 0.5) is 4.79 Å². The van der Waals surface area contributed by atoms with Crippen molar-refractivity contribution in [1.29, 1.82) is 0 Å². The number of alkyl carbamates (subject to hydrolysis) is 1. The van der Waals surface area contributed by atoms with Crippen molar-refractivity contribution in [3.8, 4) is 11.1 Å². The van der Waals surface area contributed by atoms with Gasteiger partial charge in [-0.1, -0.05) is 42.5 Å². The summed E-state index contributed by atoms with van der Waals surface area (Å²) in [4.78, 5) is 26.0. The molecule has 0 saturated heterocycles. The van der Waals surface area contributed by atoms with Gasteiger partial charge in [-0.25, -0.2) is 4.79 Å². The second kappa shape index (κ2) is 8.71. The number of nitrogens with zero attached hydrogens (tertiary/aromatic N) is 1. The zero-order valence-electron chi connectivity index (χ0n) is 16.7. The van der Waals surface area contributed by atoms with E-state index in [4.69, 9.17) is 4.74 Å². The predicted molar refractivity (Wildman–Crippen MR) is 108 cm³/mol. The molecule has 0 unspecified atom stereocenters. The van der Waals surface area contributed by atoms with Gasteiger partial charge >= 0.3 is 6.09 Å². The summed E-state index contributed by atoms with van der Waals surface area (Å²) >= 11 is 0. The van der Waals surface area contributed by atoms with Crippen LogP contribution in [0.5, 0.6) is 0 Å². The average Bonchev–Trinajstić information content (AvgIpc) is 2.60. The van der Waals surface area contributed by atoms with Crippen molar-refractivity contribution in [2.75, 3.05) is 13.6 Å². The van der Waals surface area contributed by atoms with Crippen molar-refractivity contribution >= 4 is 12.0 Å². The lowest BCUT2D eigenvalue weighted by molar-refractivity contribution is 0.0491. The lowest BCUT2D eigenvalue weighted by Crippen LogP contribution is -2.44. The molecule has 2 aromatic carbocycles. The number of rotatable bonds is 5. The standard InChI is InChI=1S/C22H28N2O3/c1-16(23-21(26)27-22(2,3)4)15-24(5)20(25)19-13-11-18(12-14-19)17-9-7-6-8-10-17/h6-14,16H,15H2,1-5H3,(H,23,26)/t16-/m0/s1. The van der Waals surface area contributed by atoms with Gasteiger partial charge in [0.05, 0.1) is 0 Å². The summed E-state index contributed by atoms with van der Waals surface area (Å²) in [6.07, 6.45) is -0.483. The maximum Gasteiger partial charge on any atom is 0.407 e. The smallest absolute Gasteiger partial charge is 0.407 e. The first-order chi connectivity index (χ1) is 12.7. The van der Waals surface area contributed by atoms with E-state index in [2.05, 4.69) is 5.32 Å². The molecule has 0 aliphatic heterocycles. The van der Waals surface area contributed by atoms with E-state index in [0.29, 0.717) is 12.1 Å². The molecule has 27 heavy (non-hydrogen) atoms. The highest BCUT2D eigenvalue weighted by molar-refractivity contribution is 5.94. The summed E-state index contributed by atoms with van der Waals surface area (Å²) < 4.78 is 5.24. The summed E-state index contributed by atoms with van der Waals surface area (Å²) in [6, 6.07) is 17.3. The molecule has 2 aromatic rings. The Kier molecular flexibility index (Phi) is 6.61. The minimum atomic E-state index is -0.550. The fourth-order valence-corrected chi connectivity index (χ4v) is 2.70. The normalized spacial score (nSPS) is 12.2. The number of hydrogen-bond donors (Lipinski definition) is 1. The van der Waals surface area contributed by atoms with Crippen LogP contribution in [0.2, 0.25) is 0 Å². The molecule has 0 aliphatic rings. The molecular weight excluding hydrogens is 340 g/mol. The molecule has 2 rings (SSSR count). The van der Waals surface area contributed by atoms with Crippen LogP contribution < -0.4 is 5.32 Å². The third kappa shape index (κ3) is 6.44. The first-order valence-electron chi connectivity index (χ1n) is 9.06. The van der Waals surface area contributed by atoms with Gasteiger partial charge in [0, 0.05) is 25.2 Å². The topological polar surface area (TPSA) is 58.6 Å². The number of carbonyl (C=O) groups excluding carboxylic acids is 2. The first-order valence-corrected chi connectivity index (χ1v) is 9.06. The molecule has 0 saturated carbocycles. The molecule has 1 N–H and O–H groups in total. The Balaban J connectivity index is 1.93. The SMILES string of the molecule is C[C@@H](CN(C)C(=O)c1ccc(-c2ccccc2)cc1)NC(=O)OC(C)(C)C. The average molecular weight is 368 g/mol. The summed E-state index contributed by atoms with van der Waals surface area (Å²) in [7, 11) is 1.72. The molecule has 1 atom stereocenters. The van der Waals surface area contributed by atoms with Crippen LogP contribution in [-0.2, 0) is 4.74 Å². The Labute approximate surface area is 161 Å². The molecule has 0 fully saturated rings. The molecule has 5 heteroatoms. The van der Waals surface area contributed by atoms with Crippen molar-refractivity contribution in [2.45, 2.75) is 39.3 Å². The Morgan fingerprint density at radius 2 is 1.56 bits per heavy atom. The second-order valence-corrected chi connectivity index (χ2v) is 7.68. The Bertz CT molecular complexity index is 764. The zero-order valence-corrected chi connectivity index (χ0v) is 16.7. The van der Waals surface area contributed by atoms with E-state index in [0.717, 1.165) is 11.1 Å². The summed E-state index contributed by atoms with van der Waals surface area (Å²) in [6.45, 7) is 7.66. The van der Waals surface area contributed by atoms with Gasteiger partial charge in [-0.05, 0) is 51.0 Å². The molecule has 0 spiro atoms. The van der Waals surface area contributed by atoms with E-state index < -0.39 is 11.7 Å². The van der Waals surface area contributed by atoms with E-state index in [9.17, 15) is 9.59 Å². The first kappa shape index (κ1) is 20.5. The summed E-state index contributed by atoms with van der Waals surface area (Å²) in [5.74, 6) is -0.0903. The number of likely N-dealkylation sites (N-methyl/N-ethyl adjacent to an activating group) is 1. The van der Waals surface area contributed by atoms with Crippen LogP contribution in [-0.4, -0.2) is 42.1 Å². The van der Waals surface area contributed by atoms with Gasteiger partial charge in [0.2, 0.25) is 0 Å². The third-order valence-electron chi connectivity index (χ3n) is 3.90. The predicted octanol–water partition coefficient (Wildman–Crippen LogP) is 4.34. The van der Waals surface area contributed by atoms with Crippen molar-refractivity contribution < 1.29 is 14.3 Å². The van der Waals surface area contributed by atoms with Crippen LogP contribution in [0.3, 0.4) is 0 Å². The zero-order chi connectivity index (χ0) is 20.0. The number of ether oxygens (including phenoxy) is 1. The Morgan fingerprint density at radius 3 is 2.11 bits per heavy atom. The van der Waals surface area contributed by atoms with Gasteiger partial charge in [0.25, 0.3) is 5.91 Å². The van der Waals surface area contributed by atoms with Crippen LogP contribution >= 0.6 is 0 Å². The maximum atomic E-state index is 12.6. The fraction of sp³-hybridized carbons (Fsp3) is 0.364. The lowest BCUT2D eigenvalue weighted by atomic mass is 10.0. The summed E-state index contributed by atoms with van der Waals surface area (Å²) in [5, 5.41) is 2.75. The molecule has 2 amide bonds. The number of benzene rings is 2. The van der Waals surface area contributed by atoms with Crippen LogP contribution in [0.25, 0.3) is 11.1 Å². The molecule has 0 aromatic heterocycles. The van der Waals surface area contributed by atoms with E-state index >= 15 is 0 Å². The van der Waals surface area contributed by atoms with Crippen molar-refractivity contribution in [1.82, 2.24) is 10.2 Å². The monoisotopic (exact) mass is 368 g/mol. The van der Waals surface area contributed by atoms with E-state index in [1.165, 1.54) is 0 Å². The highest BCUT2D eigenvalue weighted by Crippen LogP contribution is 2.19. The quantitative estimate of drug-likeness (QED) is 0.854. The van der Waals surface area contributed by atoms with Gasteiger partial charge < -0.3 is 15.0 Å². The minimum absolute atomic E-state index is 0.0903. The number of amides is 2.